The zero-order valence-electron chi connectivity index (χ0n) is 13.9. The van der Waals surface area contributed by atoms with Crippen LogP contribution in [0, 0.1) is 19.7 Å². The van der Waals surface area contributed by atoms with Crippen LogP contribution in [0.25, 0.3) is 0 Å². The van der Waals surface area contributed by atoms with Crippen molar-refractivity contribution in [3.63, 3.8) is 0 Å². The number of aryl methyl sites for hydroxylation is 2. The molecule has 2 aromatic rings. The highest BCUT2D eigenvalue weighted by atomic mass is 19.1. The van der Waals surface area contributed by atoms with Crippen molar-refractivity contribution in [3.8, 4) is 0 Å². The smallest absolute Gasteiger partial charge is 0.326 e. The van der Waals surface area contributed by atoms with Crippen LogP contribution < -0.4 is 0 Å². The Balaban J connectivity index is 2.28. The van der Waals surface area contributed by atoms with Gasteiger partial charge in [-0.05, 0) is 42.7 Å². The summed E-state index contributed by atoms with van der Waals surface area (Å²) in [5.74, 6) is -1.87. The third-order valence-electron chi connectivity index (χ3n) is 4.03. The number of likely N-dealkylation sites (N-methyl/N-ethyl adjacent to an activating group) is 1. The predicted octanol–water partition coefficient (Wildman–Crippen LogP) is 3.21. The number of nitrogens with zero attached hydrogens (tertiary/aromatic N) is 1. The summed E-state index contributed by atoms with van der Waals surface area (Å²) >= 11 is 0. The number of benzene rings is 2. The van der Waals surface area contributed by atoms with Crippen molar-refractivity contribution < 1.29 is 19.1 Å². The summed E-state index contributed by atoms with van der Waals surface area (Å²) in [6.07, 6.45) is 0.206. The molecule has 0 aliphatic carbocycles. The quantitative estimate of drug-likeness (QED) is 0.916. The van der Waals surface area contributed by atoms with Crippen molar-refractivity contribution in [1.82, 2.24) is 4.90 Å². The molecule has 0 bridgehead atoms. The second kappa shape index (κ2) is 7.25. The Hall–Kier alpha value is -2.69. The molecular weight excluding hydrogens is 309 g/mol. The van der Waals surface area contributed by atoms with Crippen molar-refractivity contribution in [2.75, 3.05) is 7.05 Å². The number of carbonyl (C=O) groups excluding carboxylic acids is 1. The van der Waals surface area contributed by atoms with E-state index in [0.29, 0.717) is 11.1 Å². The Bertz CT molecular complexity index is 735. The van der Waals surface area contributed by atoms with Crippen LogP contribution in [0.1, 0.15) is 27.0 Å². The van der Waals surface area contributed by atoms with Gasteiger partial charge in [0.25, 0.3) is 5.91 Å². The molecule has 0 saturated carbocycles. The normalized spacial score (nSPS) is 11.8. The lowest BCUT2D eigenvalue weighted by Crippen LogP contribution is -2.43. The van der Waals surface area contributed by atoms with Gasteiger partial charge < -0.3 is 10.0 Å². The molecule has 24 heavy (non-hydrogen) atoms. The van der Waals surface area contributed by atoms with E-state index < -0.39 is 17.9 Å². The molecule has 0 spiro atoms. The molecule has 0 radical (unpaired) electrons. The van der Waals surface area contributed by atoms with Gasteiger partial charge in [0.05, 0.1) is 0 Å². The zero-order chi connectivity index (χ0) is 17.9. The van der Waals surface area contributed by atoms with Crippen molar-refractivity contribution in [2.45, 2.75) is 26.3 Å². The Labute approximate surface area is 140 Å². The van der Waals surface area contributed by atoms with Gasteiger partial charge >= 0.3 is 5.97 Å². The van der Waals surface area contributed by atoms with Gasteiger partial charge in [-0.2, -0.15) is 0 Å². The third-order valence-corrected chi connectivity index (χ3v) is 4.03. The zero-order valence-corrected chi connectivity index (χ0v) is 13.9. The topological polar surface area (TPSA) is 57.6 Å². The van der Waals surface area contributed by atoms with Gasteiger partial charge in [-0.25, -0.2) is 9.18 Å². The minimum Gasteiger partial charge on any atom is -0.480 e. The molecule has 0 aliphatic heterocycles. The fraction of sp³-hybridized carbons (Fsp3) is 0.263. The maximum atomic E-state index is 13.7. The first-order valence-electron chi connectivity index (χ1n) is 7.62. The molecule has 0 fully saturated rings. The molecule has 0 aromatic heterocycles. The van der Waals surface area contributed by atoms with E-state index in [1.54, 1.807) is 13.8 Å². The van der Waals surface area contributed by atoms with Crippen LogP contribution >= 0.6 is 0 Å². The molecule has 1 N–H and O–H groups in total. The van der Waals surface area contributed by atoms with Gasteiger partial charge in [-0.15, -0.1) is 0 Å². The van der Waals surface area contributed by atoms with Crippen LogP contribution in [0.2, 0.25) is 0 Å². The Morgan fingerprint density at radius 2 is 1.67 bits per heavy atom. The van der Waals surface area contributed by atoms with E-state index in [-0.39, 0.29) is 17.8 Å². The molecule has 5 heteroatoms. The molecular formula is C19H20FNO3. The van der Waals surface area contributed by atoms with Gasteiger partial charge in [0.2, 0.25) is 0 Å². The summed E-state index contributed by atoms with van der Waals surface area (Å²) in [4.78, 5) is 25.4. The number of amides is 1. The standard InChI is InChI=1S/C19H20FNO3/c1-12-9-15(10-13(2)17(12)20)18(22)21(3)16(19(23)24)11-14-7-5-4-6-8-14/h4-10,16H,11H2,1-3H3,(H,23,24). The molecule has 1 atom stereocenters. The number of halogens is 1. The van der Waals surface area contributed by atoms with E-state index in [0.717, 1.165) is 5.56 Å². The molecule has 1 amide bonds. The highest BCUT2D eigenvalue weighted by Crippen LogP contribution is 2.18. The summed E-state index contributed by atoms with van der Waals surface area (Å²) < 4.78 is 13.7. The minimum absolute atomic E-state index is 0.206. The van der Waals surface area contributed by atoms with E-state index in [1.807, 2.05) is 30.3 Å². The molecule has 0 saturated heterocycles. The fourth-order valence-electron chi connectivity index (χ4n) is 2.64. The molecule has 4 nitrogen and oxygen atoms in total. The van der Waals surface area contributed by atoms with Crippen LogP contribution in [0.15, 0.2) is 42.5 Å². The van der Waals surface area contributed by atoms with Gasteiger partial charge in [0.15, 0.2) is 0 Å². The number of aliphatic carboxylic acids is 1. The summed E-state index contributed by atoms with van der Waals surface area (Å²) in [5, 5.41) is 9.50. The van der Waals surface area contributed by atoms with Crippen LogP contribution in [-0.2, 0) is 11.2 Å². The highest BCUT2D eigenvalue weighted by Gasteiger charge is 2.28. The van der Waals surface area contributed by atoms with Crippen molar-refractivity contribution in [1.29, 1.82) is 0 Å². The average molecular weight is 329 g/mol. The van der Waals surface area contributed by atoms with Gasteiger partial charge in [-0.1, -0.05) is 30.3 Å². The summed E-state index contributed by atoms with van der Waals surface area (Å²) in [6, 6.07) is 11.0. The van der Waals surface area contributed by atoms with Crippen molar-refractivity contribution >= 4 is 11.9 Å². The first-order valence-corrected chi connectivity index (χ1v) is 7.62. The monoisotopic (exact) mass is 329 g/mol. The van der Waals surface area contributed by atoms with Crippen LogP contribution in [0.4, 0.5) is 4.39 Å². The largest absolute Gasteiger partial charge is 0.480 e. The average Bonchev–Trinajstić information content (AvgIpc) is 2.56. The summed E-state index contributed by atoms with van der Waals surface area (Å²) in [7, 11) is 1.46. The number of carboxylic acids is 1. The second-order valence-electron chi connectivity index (χ2n) is 5.88. The number of rotatable bonds is 5. The van der Waals surface area contributed by atoms with E-state index in [2.05, 4.69) is 0 Å². The van der Waals surface area contributed by atoms with Gasteiger partial charge in [-0.3, -0.25) is 4.79 Å². The highest BCUT2D eigenvalue weighted by molar-refractivity contribution is 5.96. The van der Waals surface area contributed by atoms with Crippen molar-refractivity contribution in [2.24, 2.45) is 0 Å². The first-order chi connectivity index (χ1) is 11.3. The van der Waals surface area contributed by atoms with E-state index >= 15 is 0 Å². The first kappa shape index (κ1) is 17.7. The maximum absolute atomic E-state index is 13.7. The molecule has 2 aromatic carbocycles. The number of hydrogen-bond donors (Lipinski definition) is 1. The number of hydrogen-bond acceptors (Lipinski definition) is 2. The van der Waals surface area contributed by atoms with Crippen LogP contribution in [0.5, 0.6) is 0 Å². The molecule has 126 valence electrons. The van der Waals surface area contributed by atoms with E-state index in [1.165, 1.54) is 24.1 Å². The third kappa shape index (κ3) is 3.79. The van der Waals surface area contributed by atoms with E-state index in [9.17, 15) is 19.1 Å². The Morgan fingerprint density at radius 1 is 1.12 bits per heavy atom. The van der Waals surface area contributed by atoms with Gasteiger partial charge in [0, 0.05) is 19.0 Å². The fourth-order valence-corrected chi connectivity index (χ4v) is 2.64. The number of carboxylic acid groups (broad SMARTS) is 1. The maximum Gasteiger partial charge on any atom is 0.326 e. The van der Waals surface area contributed by atoms with Crippen LogP contribution in [-0.4, -0.2) is 35.0 Å². The van der Waals surface area contributed by atoms with Gasteiger partial charge in [0.1, 0.15) is 11.9 Å². The summed E-state index contributed by atoms with van der Waals surface area (Å²) in [5.41, 5.74) is 1.84. The lowest BCUT2D eigenvalue weighted by Gasteiger charge is -2.25. The Kier molecular flexibility index (Phi) is 5.34. The molecule has 2 rings (SSSR count). The molecule has 0 aliphatic rings. The Morgan fingerprint density at radius 3 is 2.17 bits per heavy atom. The van der Waals surface area contributed by atoms with Crippen LogP contribution in [0.3, 0.4) is 0 Å². The molecule has 1 unspecified atom stereocenters. The SMILES string of the molecule is Cc1cc(C(=O)N(C)C(Cc2ccccc2)C(=O)O)cc(C)c1F. The van der Waals surface area contributed by atoms with Crippen molar-refractivity contribution in [3.05, 3.63) is 70.5 Å². The number of carbonyl (C=O) groups is 2. The minimum atomic E-state index is -1.08. The summed E-state index contributed by atoms with van der Waals surface area (Å²) in [6.45, 7) is 3.16. The second-order valence-corrected chi connectivity index (χ2v) is 5.88. The molecule has 0 heterocycles. The van der Waals surface area contributed by atoms with E-state index in [4.69, 9.17) is 0 Å². The lowest BCUT2D eigenvalue weighted by atomic mass is 10.0. The lowest BCUT2D eigenvalue weighted by molar-refractivity contribution is -0.141. The predicted molar refractivity (Wildman–Crippen MR) is 89.5 cm³/mol.